The summed E-state index contributed by atoms with van der Waals surface area (Å²) in [5, 5.41) is 19.9. The Hall–Kier alpha value is -2.40. The van der Waals surface area contributed by atoms with Gasteiger partial charge in [0.1, 0.15) is 17.5 Å². The second kappa shape index (κ2) is 6.24. The van der Waals surface area contributed by atoms with Crippen molar-refractivity contribution in [1.82, 2.24) is 14.9 Å². The fraction of sp³-hybridized carbons (Fsp3) is 0.0625. The van der Waals surface area contributed by atoms with Crippen LogP contribution in [0.3, 0.4) is 0 Å². The van der Waals surface area contributed by atoms with E-state index in [1.54, 1.807) is 22.2 Å². The molecule has 0 amide bonds. The van der Waals surface area contributed by atoms with Crippen LogP contribution in [-0.2, 0) is 6.54 Å². The number of hydrogen-bond donors (Lipinski definition) is 0. The molecule has 0 atom stereocenters. The molecule has 24 heavy (non-hydrogen) atoms. The monoisotopic (exact) mass is 372 g/mol. The van der Waals surface area contributed by atoms with E-state index in [9.17, 15) is 5.26 Å². The fourth-order valence-corrected chi connectivity index (χ4v) is 4.01. The third-order valence-electron chi connectivity index (χ3n) is 3.34. The number of halogens is 1. The van der Waals surface area contributed by atoms with Gasteiger partial charge in [0.25, 0.3) is 0 Å². The topological polar surface area (TPSA) is 67.6 Å². The van der Waals surface area contributed by atoms with E-state index in [0.29, 0.717) is 27.9 Å². The predicted octanol–water partition coefficient (Wildman–Crippen LogP) is 4.90. The van der Waals surface area contributed by atoms with Crippen molar-refractivity contribution in [3.05, 3.63) is 57.5 Å². The van der Waals surface area contributed by atoms with Crippen molar-refractivity contribution < 1.29 is 4.52 Å². The fourth-order valence-electron chi connectivity index (χ4n) is 2.29. The Morgan fingerprint density at radius 3 is 2.92 bits per heavy atom. The van der Waals surface area contributed by atoms with E-state index in [0.717, 1.165) is 15.4 Å². The maximum absolute atomic E-state index is 9.31. The van der Waals surface area contributed by atoms with E-state index >= 15 is 0 Å². The predicted molar refractivity (Wildman–Crippen MR) is 94.2 cm³/mol. The second-order valence-corrected chi connectivity index (χ2v) is 7.63. The minimum absolute atomic E-state index is 0.433. The van der Waals surface area contributed by atoms with Crippen LogP contribution in [0.4, 0.5) is 0 Å². The van der Waals surface area contributed by atoms with Crippen molar-refractivity contribution in [1.29, 1.82) is 5.26 Å². The maximum atomic E-state index is 9.31. The molecular weight excluding hydrogens is 364 g/mol. The van der Waals surface area contributed by atoms with Crippen LogP contribution in [0.15, 0.2) is 46.4 Å². The highest BCUT2D eigenvalue weighted by Crippen LogP contribution is 2.31. The number of thiophene rings is 2. The summed E-state index contributed by atoms with van der Waals surface area (Å²) >= 11 is 8.94. The van der Waals surface area contributed by atoms with Crippen molar-refractivity contribution >= 4 is 34.3 Å². The third kappa shape index (κ3) is 2.87. The first-order valence-electron chi connectivity index (χ1n) is 6.95. The Kier molecular flexibility index (Phi) is 3.94. The van der Waals surface area contributed by atoms with Crippen LogP contribution in [0.5, 0.6) is 0 Å². The first kappa shape index (κ1) is 15.1. The summed E-state index contributed by atoms with van der Waals surface area (Å²) < 4.78 is 7.78. The Bertz CT molecular complexity index is 1020. The first-order chi connectivity index (χ1) is 11.7. The lowest BCUT2D eigenvalue weighted by atomic mass is 10.2. The van der Waals surface area contributed by atoms with Crippen molar-refractivity contribution in [2.45, 2.75) is 6.54 Å². The molecule has 0 N–H and O–H groups in total. The summed E-state index contributed by atoms with van der Waals surface area (Å²) in [5.74, 6) is 0.674. The first-order valence-corrected chi connectivity index (χ1v) is 9.03. The number of rotatable bonds is 4. The lowest BCUT2D eigenvalue weighted by molar-refractivity contribution is 0.420. The minimum Gasteiger partial charge on any atom is -0.355 e. The van der Waals surface area contributed by atoms with Crippen LogP contribution in [-0.4, -0.2) is 14.9 Å². The van der Waals surface area contributed by atoms with E-state index in [1.165, 1.54) is 11.3 Å². The minimum atomic E-state index is 0.433. The van der Waals surface area contributed by atoms with Gasteiger partial charge in [-0.25, -0.2) is 0 Å². The van der Waals surface area contributed by atoms with Crippen molar-refractivity contribution in [2.75, 3.05) is 0 Å². The maximum Gasteiger partial charge on any atom is 0.177 e. The Morgan fingerprint density at radius 2 is 2.21 bits per heavy atom. The van der Waals surface area contributed by atoms with Gasteiger partial charge in [-0.2, -0.15) is 10.4 Å². The van der Waals surface area contributed by atoms with Gasteiger partial charge in [-0.1, -0.05) is 22.8 Å². The molecule has 0 aliphatic carbocycles. The van der Waals surface area contributed by atoms with E-state index in [1.807, 2.05) is 35.7 Å². The van der Waals surface area contributed by atoms with Gasteiger partial charge in [0.15, 0.2) is 5.76 Å². The van der Waals surface area contributed by atoms with Gasteiger partial charge in [0.05, 0.1) is 26.2 Å². The van der Waals surface area contributed by atoms with Gasteiger partial charge in [-0.05, 0) is 23.6 Å². The molecule has 5 nitrogen and oxygen atoms in total. The van der Waals surface area contributed by atoms with Crippen LogP contribution in [0.2, 0.25) is 4.34 Å². The molecule has 0 aliphatic rings. The van der Waals surface area contributed by atoms with Gasteiger partial charge in [-0.15, -0.1) is 22.7 Å². The zero-order valence-corrected chi connectivity index (χ0v) is 14.5. The summed E-state index contributed by atoms with van der Waals surface area (Å²) in [7, 11) is 0. The van der Waals surface area contributed by atoms with Crippen LogP contribution in [0, 0.1) is 11.3 Å². The van der Waals surface area contributed by atoms with Crippen molar-refractivity contribution in [3.8, 4) is 27.3 Å². The van der Waals surface area contributed by atoms with Crippen LogP contribution in [0.25, 0.3) is 21.2 Å². The standard InChI is InChI=1S/C16H9ClN4OS2/c17-15-4-3-13(24-15)12-6-11(20-22-12)9-21-8-10(7-18)16(19-21)14-2-1-5-23-14/h1-6,8H,9H2. The largest absolute Gasteiger partial charge is 0.355 e. The lowest BCUT2D eigenvalue weighted by Gasteiger charge is -1.95. The summed E-state index contributed by atoms with van der Waals surface area (Å²) in [6, 6.07) is 11.7. The molecule has 0 aliphatic heterocycles. The molecule has 0 aromatic carbocycles. The summed E-state index contributed by atoms with van der Waals surface area (Å²) in [6.45, 7) is 0.433. The van der Waals surface area contributed by atoms with Crippen LogP contribution < -0.4 is 0 Å². The van der Waals surface area contributed by atoms with Crippen molar-refractivity contribution in [2.24, 2.45) is 0 Å². The summed E-state index contributed by atoms with van der Waals surface area (Å²) in [4.78, 5) is 1.90. The molecule has 0 unspecified atom stereocenters. The van der Waals surface area contributed by atoms with E-state index in [2.05, 4.69) is 16.3 Å². The number of hydrogen-bond acceptors (Lipinski definition) is 6. The van der Waals surface area contributed by atoms with Gasteiger partial charge < -0.3 is 4.52 Å². The molecule has 4 heterocycles. The van der Waals surface area contributed by atoms with Gasteiger partial charge in [0.2, 0.25) is 0 Å². The SMILES string of the molecule is N#Cc1cn(Cc2cc(-c3ccc(Cl)s3)on2)nc1-c1cccs1. The smallest absolute Gasteiger partial charge is 0.177 e. The average Bonchev–Trinajstić information content (AvgIpc) is 3.34. The Morgan fingerprint density at radius 1 is 1.29 bits per heavy atom. The summed E-state index contributed by atoms with van der Waals surface area (Å²) in [5.41, 5.74) is 1.98. The molecule has 0 radical (unpaired) electrons. The lowest BCUT2D eigenvalue weighted by Crippen LogP contribution is -2.00. The zero-order chi connectivity index (χ0) is 16.5. The molecule has 0 bridgehead atoms. The molecule has 8 heteroatoms. The molecule has 0 spiro atoms. The quantitative estimate of drug-likeness (QED) is 0.510. The van der Waals surface area contributed by atoms with Crippen LogP contribution >= 0.6 is 34.3 Å². The molecule has 4 rings (SSSR count). The molecule has 0 saturated heterocycles. The highest BCUT2D eigenvalue weighted by Gasteiger charge is 2.14. The number of nitrogens with zero attached hydrogens (tertiary/aromatic N) is 4. The highest BCUT2D eigenvalue weighted by atomic mass is 35.5. The second-order valence-electron chi connectivity index (χ2n) is 4.96. The van der Waals surface area contributed by atoms with E-state index in [4.69, 9.17) is 16.1 Å². The van der Waals surface area contributed by atoms with E-state index in [-0.39, 0.29) is 0 Å². The van der Waals surface area contributed by atoms with Gasteiger partial charge in [-0.3, -0.25) is 4.68 Å². The summed E-state index contributed by atoms with van der Waals surface area (Å²) in [6.07, 6.45) is 1.73. The van der Waals surface area contributed by atoms with Crippen molar-refractivity contribution in [3.63, 3.8) is 0 Å². The van der Waals surface area contributed by atoms with Gasteiger partial charge in [0, 0.05) is 12.3 Å². The van der Waals surface area contributed by atoms with E-state index < -0.39 is 0 Å². The molecule has 118 valence electrons. The normalized spacial score (nSPS) is 10.8. The molecule has 0 fully saturated rings. The Labute approximate surface area is 150 Å². The number of aromatic nitrogens is 3. The number of nitriles is 1. The molecular formula is C16H9ClN4OS2. The highest BCUT2D eigenvalue weighted by molar-refractivity contribution is 7.19. The molecule has 4 aromatic rings. The zero-order valence-electron chi connectivity index (χ0n) is 12.1. The Balaban J connectivity index is 1.60. The molecule has 4 aromatic heterocycles. The van der Waals surface area contributed by atoms with Crippen LogP contribution in [0.1, 0.15) is 11.3 Å². The average molecular weight is 373 g/mol. The third-order valence-corrected chi connectivity index (χ3v) is 5.46. The molecule has 0 saturated carbocycles. The van der Waals surface area contributed by atoms with Gasteiger partial charge >= 0.3 is 0 Å².